The molecule has 0 aromatic heterocycles. The Labute approximate surface area is 163 Å². The SMILES string of the molecule is CCOc1ccccc1C(=O)OCC(=O)N1CCN(c2ccccc2F)CC1. The second-order valence-electron chi connectivity index (χ2n) is 6.32. The molecule has 2 aromatic carbocycles. The molecule has 0 saturated carbocycles. The summed E-state index contributed by atoms with van der Waals surface area (Å²) in [5, 5.41) is 0. The standard InChI is InChI=1S/C21H23FN2O4/c1-2-27-19-10-6-3-7-16(19)21(26)28-15-20(25)24-13-11-23(12-14-24)18-9-5-4-8-17(18)22/h3-10H,2,11-15H2,1H3. The first-order valence-electron chi connectivity index (χ1n) is 9.26. The Hall–Kier alpha value is -3.09. The number of carbonyl (C=O) groups excluding carboxylic acids is 2. The van der Waals surface area contributed by atoms with Gasteiger partial charge in [-0.2, -0.15) is 0 Å². The van der Waals surface area contributed by atoms with Gasteiger partial charge in [0.05, 0.1) is 12.3 Å². The fourth-order valence-corrected chi connectivity index (χ4v) is 3.12. The van der Waals surface area contributed by atoms with E-state index in [1.165, 1.54) is 6.07 Å². The van der Waals surface area contributed by atoms with Crippen molar-refractivity contribution in [2.75, 3.05) is 44.3 Å². The van der Waals surface area contributed by atoms with Gasteiger partial charge in [-0.3, -0.25) is 4.79 Å². The van der Waals surface area contributed by atoms with Crippen molar-refractivity contribution in [2.24, 2.45) is 0 Å². The monoisotopic (exact) mass is 386 g/mol. The third-order valence-electron chi connectivity index (χ3n) is 4.56. The molecule has 1 fully saturated rings. The minimum atomic E-state index is -0.595. The predicted octanol–water partition coefficient (Wildman–Crippen LogP) is 2.73. The molecule has 0 unspecified atom stereocenters. The first-order valence-corrected chi connectivity index (χ1v) is 9.26. The van der Waals surface area contributed by atoms with Gasteiger partial charge in [0, 0.05) is 26.2 Å². The summed E-state index contributed by atoms with van der Waals surface area (Å²) in [5.74, 6) is -0.706. The van der Waals surface area contributed by atoms with Crippen LogP contribution in [-0.4, -0.2) is 56.2 Å². The largest absolute Gasteiger partial charge is 0.493 e. The van der Waals surface area contributed by atoms with Crippen LogP contribution in [0.25, 0.3) is 0 Å². The zero-order chi connectivity index (χ0) is 19.9. The molecule has 28 heavy (non-hydrogen) atoms. The van der Waals surface area contributed by atoms with Gasteiger partial charge in [0.15, 0.2) is 6.61 Å². The molecule has 1 amide bonds. The van der Waals surface area contributed by atoms with E-state index in [0.29, 0.717) is 49.8 Å². The topological polar surface area (TPSA) is 59.1 Å². The number of hydrogen-bond acceptors (Lipinski definition) is 5. The number of amides is 1. The van der Waals surface area contributed by atoms with Gasteiger partial charge in [-0.25, -0.2) is 9.18 Å². The maximum atomic E-state index is 13.9. The highest BCUT2D eigenvalue weighted by Gasteiger charge is 2.24. The highest BCUT2D eigenvalue weighted by molar-refractivity contribution is 5.94. The summed E-state index contributed by atoms with van der Waals surface area (Å²) >= 11 is 0. The molecule has 1 saturated heterocycles. The number of hydrogen-bond donors (Lipinski definition) is 0. The van der Waals surface area contributed by atoms with Crippen LogP contribution in [0.1, 0.15) is 17.3 Å². The van der Waals surface area contributed by atoms with Crippen molar-refractivity contribution in [3.05, 3.63) is 59.9 Å². The van der Waals surface area contributed by atoms with Crippen LogP contribution in [0.3, 0.4) is 0 Å². The Bertz CT molecular complexity index is 835. The first-order chi connectivity index (χ1) is 13.6. The van der Waals surface area contributed by atoms with E-state index in [1.54, 1.807) is 47.4 Å². The van der Waals surface area contributed by atoms with Crippen LogP contribution in [0.5, 0.6) is 5.75 Å². The molecular formula is C21H23FN2O4. The maximum absolute atomic E-state index is 13.9. The van der Waals surface area contributed by atoms with Crippen molar-refractivity contribution in [1.82, 2.24) is 4.90 Å². The molecule has 1 heterocycles. The predicted molar refractivity (Wildman–Crippen MR) is 103 cm³/mol. The third-order valence-corrected chi connectivity index (χ3v) is 4.56. The molecule has 0 spiro atoms. The average Bonchev–Trinajstić information content (AvgIpc) is 2.73. The molecule has 0 N–H and O–H groups in total. The van der Waals surface area contributed by atoms with Crippen molar-refractivity contribution >= 4 is 17.6 Å². The van der Waals surface area contributed by atoms with Crippen molar-refractivity contribution in [3.63, 3.8) is 0 Å². The summed E-state index contributed by atoms with van der Waals surface area (Å²) in [6, 6.07) is 13.3. The van der Waals surface area contributed by atoms with E-state index in [1.807, 2.05) is 11.8 Å². The Morgan fingerprint density at radius 3 is 2.39 bits per heavy atom. The molecule has 0 bridgehead atoms. The minimum Gasteiger partial charge on any atom is -0.493 e. The van der Waals surface area contributed by atoms with E-state index in [9.17, 15) is 14.0 Å². The van der Waals surface area contributed by atoms with Gasteiger partial charge >= 0.3 is 5.97 Å². The van der Waals surface area contributed by atoms with Crippen molar-refractivity contribution in [1.29, 1.82) is 0 Å². The molecule has 0 atom stereocenters. The number of anilines is 1. The van der Waals surface area contributed by atoms with Crippen LogP contribution in [0.2, 0.25) is 0 Å². The lowest BCUT2D eigenvalue weighted by molar-refractivity contribution is -0.134. The number of esters is 1. The fourth-order valence-electron chi connectivity index (χ4n) is 3.12. The lowest BCUT2D eigenvalue weighted by Crippen LogP contribution is -2.50. The average molecular weight is 386 g/mol. The summed E-state index contributed by atoms with van der Waals surface area (Å²) in [4.78, 5) is 28.2. The van der Waals surface area contributed by atoms with Crippen LogP contribution >= 0.6 is 0 Å². The molecule has 3 rings (SSSR count). The van der Waals surface area contributed by atoms with Gasteiger partial charge in [0.2, 0.25) is 0 Å². The fraction of sp³-hybridized carbons (Fsp3) is 0.333. The van der Waals surface area contributed by atoms with E-state index in [4.69, 9.17) is 9.47 Å². The highest BCUT2D eigenvalue weighted by atomic mass is 19.1. The van der Waals surface area contributed by atoms with E-state index < -0.39 is 5.97 Å². The third kappa shape index (κ3) is 4.60. The second kappa shape index (κ2) is 9.21. The van der Waals surface area contributed by atoms with Gasteiger partial charge in [-0.15, -0.1) is 0 Å². The molecule has 0 aliphatic carbocycles. The Balaban J connectivity index is 1.51. The van der Waals surface area contributed by atoms with Gasteiger partial charge in [-0.1, -0.05) is 24.3 Å². The number of halogens is 1. The quantitative estimate of drug-likeness (QED) is 0.715. The van der Waals surface area contributed by atoms with Crippen LogP contribution < -0.4 is 9.64 Å². The van der Waals surface area contributed by atoms with E-state index in [2.05, 4.69) is 0 Å². The van der Waals surface area contributed by atoms with E-state index in [-0.39, 0.29) is 18.3 Å². The normalized spacial score (nSPS) is 13.9. The summed E-state index contributed by atoms with van der Waals surface area (Å²) in [6.07, 6.45) is 0. The van der Waals surface area contributed by atoms with E-state index >= 15 is 0 Å². The molecular weight excluding hydrogens is 363 g/mol. The molecule has 148 valence electrons. The smallest absolute Gasteiger partial charge is 0.342 e. The number of piperazine rings is 1. The number of nitrogens with zero attached hydrogens (tertiary/aromatic N) is 2. The number of benzene rings is 2. The number of para-hydroxylation sites is 2. The maximum Gasteiger partial charge on any atom is 0.342 e. The van der Waals surface area contributed by atoms with Gasteiger partial charge < -0.3 is 19.3 Å². The Morgan fingerprint density at radius 1 is 1.00 bits per heavy atom. The summed E-state index contributed by atoms with van der Waals surface area (Å²) in [5.41, 5.74) is 0.829. The van der Waals surface area contributed by atoms with Gasteiger partial charge in [0.25, 0.3) is 5.91 Å². The number of rotatable bonds is 6. The van der Waals surface area contributed by atoms with Crippen LogP contribution in [0, 0.1) is 5.82 Å². The molecule has 1 aliphatic rings. The zero-order valence-corrected chi connectivity index (χ0v) is 15.8. The second-order valence-corrected chi connectivity index (χ2v) is 6.32. The molecule has 1 aliphatic heterocycles. The summed E-state index contributed by atoms with van der Waals surface area (Å²) in [6.45, 7) is 3.85. The van der Waals surface area contributed by atoms with Gasteiger partial charge in [0.1, 0.15) is 17.1 Å². The van der Waals surface area contributed by atoms with Crippen molar-refractivity contribution in [3.8, 4) is 5.75 Å². The molecule has 6 nitrogen and oxygen atoms in total. The molecule has 2 aromatic rings. The summed E-state index contributed by atoms with van der Waals surface area (Å²) in [7, 11) is 0. The molecule has 0 radical (unpaired) electrons. The minimum absolute atomic E-state index is 0.268. The summed E-state index contributed by atoms with van der Waals surface area (Å²) < 4.78 is 24.5. The number of ether oxygens (including phenoxy) is 2. The Morgan fingerprint density at radius 2 is 1.68 bits per heavy atom. The Kier molecular flexibility index (Phi) is 6.47. The lowest BCUT2D eigenvalue weighted by Gasteiger charge is -2.36. The van der Waals surface area contributed by atoms with E-state index in [0.717, 1.165) is 0 Å². The van der Waals surface area contributed by atoms with Crippen molar-refractivity contribution < 1.29 is 23.5 Å². The van der Waals surface area contributed by atoms with Crippen LogP contribution in [0.15, 0.2) is 48.5 Å². The molecule has 7 heteroatoms. The zero-order valence-electron chi connectivity index (χ0n) is 15.8. The lowest BCUT2D eigenvalue weighted by atomic mass is 10.2. The van der Waals surface area contributed by atoms with Gasteiger partial charge in [-0.05, 0) is 31.2 Å². The van der Waals surface area contributed by atoms with Crippen LogP contribution in [-0.2, 0) is 9.53 Å². The number of carbonyl (C=O) groups is 2. The first kappa shape index (κ1) is 19.7. The van der Waals surface area contributed by atoms with Crippen LogP contribution in [0.4, 0.5) is 10.1 Å². The van der Waals surface area contributed by atoms with Crippen molar-refractivity contribution in [2.45, 2.75) is 6.92 Å². The highest BCUT2D eigenvalue weighted by Crippen LogP contribution is 2.21.